The van der Waals surface area contributed by atoms with Gasteiger partial charge in [-0.15, -0.1) is 0 Å². The van der Waals surface area contributed by atoms with Gasteiger partial charge in [0.05, 0.1) is 0 Å². The molecule has 1 amide bonds. The van der Waals surface area contributed by atoms with Crippen molar-refractivity contribution in [1.29, 1.82) is 0 Å². The van der Waals surface area contributed by atoms with Crippen LogP contribution in [-0.2, 0) is 11.3 Å². The molecule has 1 aliphatic heterocycles. The van der Waals surface area contributed by atoms with Crippen molar-refractivity contribution in [3.8, 4) is 0 Å². The molecule has 0 radical (unpaired) electrons. The van der Waals surface area contributed by atoms with E-state index in [1.54, 1.807) is 0 Å². The lowest BCUT2D eigenvalue weighted by atomic mass is 9.92. The first-order valence-corrected chi connectivity index (χ1v) is 8.66. The van der Waals surface area contributed by atoms with Crippen molar-refractivity contribution in [3.05, 3.63) is 35.9 Å². The number of nitrogens with one attached hydrogen (secondary N) is 1. The number of likely N-dealkylation sites (tertiary alicyclic amines) is 1. The number of fused-ring (bicyclic) bond motifs is 2. The number of ether oxygens (including phenoxy) is 1. The average Bonchev–Trinajstić information content (AvgIpc) is 2.69. The predicted molar refractivity (Wildman–Crippen MR) is 91.1 cm³/mol. The van der Waals surface area contributed by atoms with Crippen LogP contribution < -0.4 is 5.32 Å². The van der Waals surface area contributed by atoms with E-state index in [0.717, 1.165) is 19.6 Å². The van der Waals surface area contributed by atoms with E-state index in [1.165, 1.54) is 18.4 Å². The molecule has 1 heterocycles. The summed E-state index contributed by atoms with van der Waals surface area (Å²) in [5.74, 6) is 1.09. The molecule has 2 fully saturated rings. The quantitative estimate of drug-likeness (QED) is 0.929. The fraction of sp³-hybridized carbons (Fsp3) is 0.632. The molecule has 126 valence electrons. The van der Waals surface area contributed by atoms with Crippen LogP contribution >= 0.6 is 0 Å². The van der Waals surface area contributed by atoms with E-state index in [4.69, 9.17) is 4.74 Å². The Kier molecular flexibility index (Phi) is 4.62. The minimum Gasteiger partial charge on any atom is -0.444 e. The summed E-state index contributed by atoms with van der Waals surface area (Å²) in [5.41, 5.74) is 0.933. The molecule has 4 heteroatoms. The lowest BCUT2D eigenvalue weighted by Gasteiger charge is -2.38. The summed E-state index contributed by atoms with van der Waals surface area (Å²) in [4.78, 5) is 14.6. The zero-order valence-electron chi connectivity index (χ0n) is 14.4. The summed E-state index contributed by atoms with van der Waals surface area (Å²) >= 11 is 0. The van der Waals surface area contributed by atoms with E-state index in [2.05, 4.69) is 40.5 Å². The molecule has 3 atom stereocenters. The summed E-state index contributed by atoms with van der Waals surface area (Å²) in [6, 6.07) is 10.9. The first-order valence-electron chi connectivity index (χ1n) is 8.66. The summed E-state index contributed by atoms with van der Waals surface area (Å²) in [6.07, 6.45) is 2.14. The molecule has 2 aliphatic rings. The zero-order valence-corrected chi connectivity index (χ0v) is 14.4. The molecule has 1 aliphatic carbocycles. The Balaban J connectivity index is 1.56. The number of nitrogens with zero attached hydrogens (tertiary/aromatic N) is 1. The predicted octanol–water partition coefficient (Wildman–Crippen LogP) is 3.42. The lowest BCUT2D eigenvalue weighted by Crippen LogP contribution is -2.53. The van der Waals surface area contributed by atoms with Crippen LogP contribution in [0.1, 0.15) is 39.2 Å². The number of hydrogen-bond donors (Lipinski definition) is 1. The van der Waals surface area contributed by atoms with Gasteiger partial charge in [-0.3, -0.25) is 4.90 Å². The van der Waals surface area contributed by atoms with Gasteiger partial charge in [0, 0.05) is 25.7 Å². The highest BCUT2D eigenvalue weighted by molar-refractivity contribution is 5.68. The first kappa shape index (κ1) is 16.3. The average molecular weight is 316 g/mol. The summed E-state index contributed by atoms with van der Waals surface area (Å²) < 4.78 is 5.42. The van der Waals surface area contributed by atoms with Crippen molar-refractivity contribution in [2.24, 2.45) is 11.8 Å². The first-order chi connectivity index (χ1) is 10.9. The van der Waals surface area contributed by atoms with Crippen molar-refractivity contribution in [3.63, 3.8) is 0 Å². The van der Waals surface area contributed by atoms with Gasteiger partial charge in [-0.05, 0) is 51.0 Å². The Labute approximate surface area is 139 Å². The second kappa shape index (κ2) is 6.52. The standard InChI is InChI=1S/C19H28N2O2/c1-19(2,3)23-18(22)20-17-15-9-10-16(17)13-21(12-15)11-14-7-5-4-6-8-14/h4-8,15-17H,9-13H2,1-3H3,(H,20,22)/t15-,16+,17?. The second-order valence-corrected chi connectivity index (χ2v) is 7.95. The Morgan fingerprint density at radius 1 is 1.17 bits per heavy atom. The normalized spacial score (nSPS) is 27.7. The number of carbonyl (C=O) groups excluding carboxylic acids is 1. The minimum atomic E-state index is -0.433. The van der Waals surface area contributed by atoms with Gasteiger partial charge in [-0.1, -0.05) is 30.3 Å². The van der Waals surface area contributed by atoms with Gasteiger partial charge in [0.2, 0.25) is 0 Å². The van der Waals surface area contributed by atoms with Crippen LogP contribution in [0.4, 0.5) is 4.79 Å². The van der Waals surface area contributed by atoms with Crippen LogP contribution in [0.15, 0.2) is 30.3 Å². The number of rotatable bonds is 3. The monoisotopic (exact) mass is 316 g/mol. The van der Waals surface area contributed by atoms with E-state index < -0.39 is 5.60 Å². The molecule has 1 unspecified atom stereocenters. The Bertz CT molecular complexity index is 524. The molecule has 23 heavy (non-hydrogen) atoms. The molecular formula is C19H28N2O2. The van der Waals surface area contributed by atoms with Gasteiger partial charge in [-0.2, -0.15) is 0 Å². The summed E-state index contributed by atoms with van der Waals surface area (Å²) in [5, 5.41) is 3.13. The highest BCUT2D eigenvalue weighted by atomic mass is 16.6. The number of alkyl carbamates (subject to hydrolysis) is 1. The number of benzene rings is 1. The second-order valence-electron chi connectivity index (χ2n) is 7.95. The molecule has 1 N–H and O–H groups in total. The van der Waals surface area contributed by atoms with Crippen molar-refractivity contribution in [2.45, 2.75) is 51.8 Å². The maximum Gasteiger partial charge on any atom is 0.407 e. The highest BCUT2D eigenvalue weighted by Gasteiger charge is 2.43. The Morgan fingerprint density at radius 2 is 1.78 bits per heavy atom. The number of piperidine rings is 1. The van der Waals surface area contributed by atoms with Crippen molar-refractivity contribution in [1.82, 2.24) is 10.2 Å². The maximum atomic E-state index is 12.1. The fourth-order valence-corrected chi connectivity index (χ4v) is 3.97. The van der Waals surface area contributed by atoms with Gasteiger partial charge in [0.1, 0.15) is 5.60 Å². The highest BCUT2D eigenvalue weighted by Crippen LogP contribution is 2.37. The van der Waals surface area contributed by atoms with Crippen molar-refractivity contribution in [2.75, 3.05) is 13.1 Å². The van der Waals surface area contributed by atoms with Crippen LogP contribution in [0, 0.1) is 11.8 Å². The van der Waals surface area contributed by atoms with Crippen molar-refractivity contribution < 1.29 is 9.53 Å². The van der Waals surface area contributed by atoms with Crippen LogP contribution in [0.25, 0.3) is 0 Å². The van der Waals surface area contributed by atoms with E-state index in [9.17, 15) is 4.79 Å². The molecule has 1 saturated heterocycles. The van der Waals surface area contributed by atoms with E-state index in [-0.39, 0.29) is 12.1 Å². The molecule has 0 spiro atoms. The molecule has 2 bridgehead atoms. The van der Waals surface area contributed by atoms with Gasteiger partial charge in [0.25, 0.3) is 0 Å². The largest absolute Gasteiger partial charge is 0.444 e. The maximum absolute atomic E-state index is 12.1. The van der Waals surface area contributed by atoms with E-state index in [0.29, 0.717) is 11.8 Å². The fourth-order valence-electron chi connectivity index (χ4n) is 3.97. The lowest BCUT2D eigenvalue weighted by molar-refractivity contribution is 0.0416. The molecule has 1 aromatic rings. The topological polar surface area (TPSA) is 41.6 Å². The van der Waals surface area contributed by atoms with Gasteiger partial charge < -0.3 is 10.1 Å². The molecule has 4 nitrogen and oxygen atoms in total. The van der Waals surface area contributed by atoms with Crippen LogP contribution in [0.5, 0.6) is 0 Å². The van der Waals surface area contributed by atoms with E-state index >= 15 is 0 Å². The molecule has 3 rings (SSSR count). The third kappa shape index (κ3) is 4.25. The number of amides is 1. The zero-order chi connectivity index (χ0) is 16.4. The van der Waals surface area contributed by atoms with Crippen LogP contribution in [0.2, 0.25) is 0 Å². The van der Waals surface area contributed by atoms with E-state index in [1.807, 2.05) is 20.8 Å². The van der Waals surface area contributed by atoms with Crippen molar-refractivity contribution >= 4 is 6.09 Å². The third-order valence-electron chi connectivity index (χ3n) is 4.84. The SMILES string of the molecule is CC(C)(C)OC(=O)NC1[C@@H]2CC[C@H]1CN(Cc1ccccc1)C2. The molecular weight excluding hydrogens is 288 g/mol. The molecule has 1 aromatic carbocycles. The smallest absolute Gasteiger partial charge is 0.407 e. The van der Waals surface area contributed by atoms with Gasteiger partial charge in [0.15, 0.2) is 0 Å². The summed E-state index contributed by atoms with van der Waals surface area (Å²) in [6.45, 7) is 8.85. The Morgan fingerprint density at radius 3 is 2.35 bits per heavy atom. The van der Waals surface area contributed by atoms with Gasteiger partial charge in [-0.25, -0.2) is 4.79 Å². The van der Waals surface area contributed by atoms with Crippen LogP contribution in [0.3, 0.4) is 0 Å². The van der Waals surface area contributed by atoms with Gasteiger partial charge >= 0.3 is 6.09 Å². The third-order valence-corrected chi connectivity index (χ3v) is 4.84. The molecule has 0 aromatic heterocycles. The number of hydrogen-bond acceptors (Lipinski definition) is 3. The Hall–Kier alpha value is -1.55. The minimum absolute atomic E-state index is 0.268. The summed E-state index contributed by atoms with van der Waals surface area (Å²) in [7, 11) is 0. The number of carbonyl (C=O) groups is 1. The van der Waals surface area contributed by atoms with Crippen LogP contribution in [-0.4, -0.2) is 35.7 Å². The molecule has 1 saturated carbocycles.